The summed E-state index contributed by atoms with van der Waals surface area (Å²) < 4.78 is 0. The molecule has 21 heavy (non-hydrogen) atoms. The lowest BCUT2D eigenvalue weighted by molar-refractivity contribution is -0.138. The quantitative estimate of drug-likeness (QED) is 0.853. The van der Waals surface area contributed by atoms with Crippen molar-refractivity contribution in [1.29, 1.82) is 0 Å². The topological polar surface area (TPSA) is 40.5 Å². The molecular weight excluding hydrogens is 286 g/mol. The number of halogens is 1. The fraction of sp³-hybridized carbons (Fsp3) is 0.588. The van der Waals surface area contributed by atoms with Gasteiger partial charge in [0, 0.05) is 6.04 Å². The van der Waals surface area contributed by atoms with E-state index < -0.39 is 5.97 Å². The minimum absolute atomic E-state index is 0. The predicted molar refractivity (Wildman–Crippen MR) is 90.3 cm³/mol. The first-order valence-electron chi connectivity index (χ1n) is 7.32. The average molecular weight is 314 g/mol. The van der Waals surface area contributed by atoms with Crippen LogP contribution in [0.4, 0.5) is 0 Å². The van der Waals surface area contributed by atoms with E-state index in [4.69, 9.17) is 5.11 Å². The number of hydrogen-bond donors (Lipinski definition) is 1. The molecule has 0 aliphatic heterocycles. The van der Waals surface area contributed by atoms with Gasteiger partial charge in [-0.15, -0.1) is 12.4 Å². The van der Waals surface area contributed by atoms with Crippen LogP contribution in [0.3, 0.4) is 0 Å². The standard InChI is InChI=1S/C17H27NO2.ClH/c1-6-11-18(12-16(19)20)13(2)14-7-9-15(10-8-14)17(3,4)5;/h7-10,13H,6,11-12H2,1-5H3,(H,19,20);1H. The second-order valence-electron chi connectivity index (χ2n) is 6.41. The largest absolute Gasteiger partial charge is 0.480 e. The third-order valence-electron chi connectivity index (χ3n) is 3.66. The molecule has 0 radical (unpaired) electrons. The van der Waals surface area contributed by atoms with E-state index in [1.54, 1.807) is 0 Å². The Morgan fingerprint density at radius 2 is 1.76 bits per heavy atom. The summed E-state index contributed by atoms with van der Waals surface area (Å²) in [5, 5.41) is 9.02. The number of nitrogens with zero attached hydrogens (tertiary/aromatic N) is 1. The Morgan fingerprint density at radius 1 is 1.24 bits per heavy atom. The lowest BCUT2D eigenvalue weighted by Crippen LogP contribution is -2.33. The third kappa shape index (κ3) is 6.06. The van der Waals surface area contributed by atoms with Gasteiger partial charge in [-0.2, -0.15) is 0 Å². The van der Waals surface area contributed by atoms with Gasteiger partial charge < -0.3 is 5.11 Å². The predicted octanol–water partition coefficient (Wildman–Crippen LogP) is 4.26. The van der Waals surface area contributed by atoms with E-state index in [0.717, 1.165) is 13.0 Å². The summed E-state index contributed by atoms with van der Waals surface area (Å²) in [6.07, 6.45) is 0.956. The monoisotopic (exact) mass is 313 g/mol. The molecule has 0 fully saturated rings. The van der Waals surface area contributed by atoms with Crippen molar-refractivity contribution < 1.29 is 9.90 Å². The molecule has 3 nitrogen and oxygen atoms in total. The number of rotatable bonds is 6. The highest BCUT2D eigenvalue weighted by atomic mass is 35.5. The van der Waals surface area contributed by atoms with E-state index >= 15 is 0 Å². The number of benzene rings is 1. The zero-order valence-corrected chi connectivity index (χ0v) is 14.5. The van der Waals surface area contributed by atoms with Crippen molar-refractivity contribution in [2.24, 2.45) is 0 Å². The Labute approximate surface area is 134 Å². The number of aliphatic carboxylic acids is 1. The van der Waals surface area contributed by atoms with E-state index in [1.165, 1.54) is 11.1 Å². The van der Waals surface area contributed by atoms with Crippen molar-refractivity contribution in [3.8, 4) is 0 Å². The van der Waals surface area contributed by atoms with Crippen LogP contribution in [0, 0.1) is 0 Å². The van der Waals surface area contributed by atoms with Crippen molar-refractivity contribution in [1.82, 2.24) is 4.90 Å². The minimum atomic E-state index is -0.767. The first kappa shape index (κ1) is 19.9. The fourth-order valence-corrected chi connectivity index (χ4v) is 2.34. The molecule has 0 aromatic heterocycles. The molecule has 0 amide bonds. The smallest absolute Gasteiger partial charge is 0.317 e. The maximum Gasteiger partial charge on any atom is 0.317 e. The van der Waals surface area contributed by atoms with Gasteiger partial charge in [0.2, 0.25) is 0 Å². The van der Waals surface area contributed by atoms with Crippen LogP contribution in [0.2, 0.25) is 0 Å². The van der Waals surface area contributed by atoms with Gasteiger partial charge in [-0.3, -0.25) is 9.69 Å². The highest BCUT2D eigenvalue weighted by molar-refractivity contribution is 5.85. The highest BCUT2D eigenvalue weighted by Crippen LogP contribution is 2.26. The third-order valence-corrected chi connectivity index (χ3v) is 3.66. The van der Waals surface area contributed by atoms with E-state index in [9.17, 15) is 4.79 Å². The normalized spacial score (nSPS) is 12.9. The summed E-state index contributed by atoms with van der Waals surface area (Å²) in [7, 11) is 0. The Bertz CT molecular complexity index is 437. The lowest BCUT2D eigenvalue weighted by Gasteiger charge is -2.28. The Morgan fingerprint density at radius 3 is 2.14 bits per heavy atom. The van der Waals surface area contributed by atoms with Gasteiger partial charge >= 0.3 is 5.97 Å². The molecule has 1 atom stereocenters. The van der Waals surface area contributed by atoms with Crippen LogP contribution in [-0.4, -0.2) is 29.1 Å². The molecule has 1 rings (SSSR count). The van der Waals surface area contributed by atoms with Crippen LogP contribution in [0.5, 0.6) is 0 Å². The first-order chi connectivity index (χ1) is 9.25. The Kier molecular flexibility index (Phi) is 7.98. The Hall–Kier alpha value is -1.06. The molecule has 1 N–H and O–H groups in total. The lowest BCUT2D eigenvalue weighted by atomic mass is 9.86. The van der Waals surface area contributed by atoms with Gasteiger partial charge in [-0.25, -0.2) is 0 Å². The van der Waals surface area contributed by atoms with Crippen LogP contribution >= 0.6 is 12.4 Å². The molecule has 0 saturated heterocycles. The molecule has 1 aromatic rings. The summed E-state index contributed by atoms with van der Waals surface area (Å²) in [5.74, 6) is -0.767. The van der Waals surface area contributed by atoms with E-state index in [0.29, 0.717) is 0 Å². The molecular formula is C17H28ClNO2. The fourth-order valence-electron chi connectivity index (χ4n) is 2.34. The molecule has 0 heterocycles. The molecule has 0 bridgehead atoms. The van der Waals surface area contributed by atoms with Gasteiger partial charge in [-0.1, -0.05) is 52.0 Å². The van der Waals surface area contributed by atoms with Gasteiger partial charge in [-0.05, 0) is 36.4 Å². The first-order valence-corrected chi connectivity index (χ1v) is 7.32. The SMILES string of the molecule is CCCN(CC(=O)O)C(C)c1ccc(C(C)(C)C)cc1.Cl. The van der Waals surface area contributed by atoms with E-state index in [1.807, 2.05) is 4.90 Å². The molecule has 0 aliphatic carbocycles. The van der Waals surface area contributed by atoms with Crippen LogP contribution in [0.1, 0.15) is 58.2 Å². The maximum absolute atomic E-state index is 11.0. The van der Waals surface area contributed by atoms with E-state index in [-0.39, 0.29) is 30.4 Å². The molecule has 1 unspecified atom stereocenters. The molecule has 1 aromatic carbocycles. The van der Waals surface area contributed by atoms with Crippen LogP contribution in [0.25, 0.3) is 0 Å². The van der Waals surface area contributed by atoms with Crippen molar-refractivity contribution >= 4 is 18.4 Å². The molecule has 0 spiro atoms. The van der Waals surface area contributed by atoms with Crippen molar-refractivity contribution in [2.45, 2.75) is 52.5 Å². The Balaban J connectivity index is 0.00000400. The average Bonchev–Trinajstić information content (AvgIpc) is 2.36. The highest BCUT2D eigenvalue weighted by Gasteiger charge is 2.19. The summed E-state index contributed by atoms with van der Waals surface area (Å²) in [5.41, 5.74) is 2.62. The zero-order valence-electron chi connectivity index (χ0n) is 13.7. The second kappa shape index (κ2) is 8.40. The van der Waals surface area contributed by atoms with Crippen LogP contribution in [-0.2, 0) is 10.2 Å². The number of carbonyl (C=O) groups is 1. The zero-order chi connectivity index (χ0) is 15.3. The molecule has 0 aliphatic rings. The number of carboxylic acids is 1. The van der Waals surface area contributed by atoms with Gasteiger partial charge in [0.1, 0.15) is 0 Å². The summed E-state index contributed by atoms with van der Waals surface area (Å²) >= 11 is 0. The van der Waals surface area contributed by atoms with Crippen LogP contribution in [0.15, 0.2) is 24.3 Å². The second-order valence-corrected chi connectivity index (χ2v) is 6.41. The van der Waals surface area contributed by atoms with Crippen LogP contribution < -0.4 is 0 Å². The van der Waals surface area contributed by atoms with Crippen molar-refractivity contribution in [3.05, 3.63) is 35.4 Å². The maximum atomic E-state index is 11.0. The van der Waals surface area contributed by atoms with Gasteiger partial charge in [0.15, 0.2) is 0 Å². The van der Waals surface area contributed by atoms with Gasteiger partial charge in [0.25, 0.3) is 0 Å². The molecule has 4 heteroatoms. The van der Waals surface area contributed by atoms with E-state index in [2.05, 4.69) is 58.9 Å². The summed E-state index contributed by atoms with van der Waals surface area (Å²) in [4.78, 5) is 13.0. The van der Waals surface area contributed by atoms with Gasteiger partial charge in [0.05, 0.1) is 6.54 Å². The molecule has 120 valence electrons. The summed E-state index contributed by atoms with van der Waals surface area (Å²) in [6.45, 7) is 11.6. The minimum Gasteiger partial charge on any atom is -0.480 e. The number of carboxylic acid groups (broad SMARTS) is 1. The number of hydrogen-bond acceptors (Lipinski definition) is 2. The molecule has 0 saturated carbocycles. The summed E-state index contributed by atoms with van der Waals surface area (Å²) in [6, 6.07) is 8.67. The van der Waals surface area contributed by atoms with Crippen molar-refractivity contribution in [2.75, 3.05) is 13.1 Å². The van der Waals surface area contributed by atoms with Crippen molar-refractivity contribution in [3.63, 3.8) is 0 Å².